The molecule has 0 bridgehead atoms. The number of hydrogen-bond donors (Lipinski definition) is 1. The van der Waals surface area contributed by atoms with Crippen LogP contribution in [0.2, 0.25) is 0 Å². The normalized spacial score (nSPS) is 11.2. The molecule has 0 aliphatic carbocycles. The van der Waals surface area contributed by atoms with E-state index < -0.39 is 5.97 Å². The predicted molar refractivity (Wildman–Crippen MR) is 82.4 cm³/mol. The summed E-state index contributed by atoms with van der Waals surface area (Å²) in [6, 6.07) is 0. The molecule has 0 spiro atoms. The molecule has 0 aliphatic rings. The van der Waals surface area contributed by atoms with E-state index in [4.69, 9.17) is 0 Å². The predicted octanol–water partition coefficient (Wildman–Crippen LogP) is 0.846. The number of carboxylic acid groups (broad SMARTS) is 1. The number of hydrogen-bond acceptors (Lipinski definition) is 3. The van der Waals surface area contributed by atoms with Gasteiger partial charge in [0.05, 0.1) is 27.2 Å². The third-order valence-electron chi connectivity index (χ3n) is 3.51. The molecule has 0 aromatic heterocycles. The molecule has 122 valence electrons. The minimum Gasteiger partial charge on any atom is -0.550 e. The number of unbranched alkanes of at least 4 members (excludes halogenated alkanes) is 3. The number of aliphatic carboxylic acids is 1. The van der Waals surface area contributed by atoms with Crippen LogP contribution in [0.3, 0.4) is 0 Å². The van der Waals surface area contributed by atoms with Crippen molar-refractivity contribution in [1.82, 2.24) is 5.32 Å². The van der Waals surface area contributed by atoms with Gasteiger partial charge in [-0.25, -0.2) is 0 Å². The maximum atomic E-state index is 11.3. The van der Waals surface area contributed by atoms with Gasteiger partial charge in [0.1, 0.15) is 0 Å². The van der Waals surface area contributed by atoms with E-state index in [0.29, 0.717) is 18.5 Å². The zero-order valence-electron chi connectivity index (χ0n) is 13.7. The fraction of sp³-hybridized carbons (Fsp3) is 0.750. The van der Waals surface area contributed by atoms with Crippen molar-refractivity contribution in [2.45, 2.75) is 45.4 Å². The quantitative estimate of drug-likeness (QED) is 0.330. The first kappa shape index (κ1) is 19.6. The lowest BCUT2D eigenvalue weighted by Gasteiger charge is -2.30. The first-order chi connectivity index (χ1) is 9.74. The Bertz CT molecular complexity index is 351. The molecule has 1 N–H and O–H groups in total. The fourth-order valence-corrected chi connectivity index (χ4v) is 2.13. The summed E-state index contributed by atoms with van der Waals surface area (Å²) < 4.78 is 0.847. The van der Waals surface area contributed by atoms with Crippen molar-refractivity contribution in [3.63, 3.8) is 0 Å². The van der Waals surface area contributed by atoms with Crippen molar-refractivity contribution >= 4 is 11.9 Å². The van der Waals surface area contributed by atoms with Crippen LogP contribution in [0.15, 0.2) is 12.2 Å². The van der Waals surface area contributed by atoms with Crippen LogP contribution in [0.5, 0.6) is 0 Å². The van der Waals surface area contributed by atoms with Crippen LogP contribution in [0.1, 0.15) is 45.4 Å². The van der Waals surface area contributed by atoms with E-state index >= 15 is 0 Å². The largest absolute Gasteiger partial charge is 0.550 e. The summed E-state index contributed by atoms with van der Waals surface area (Å²) >= 11 is 0. The summed E-state index contributed by atoms with van der Waals surface area (Å²) in [6.45, 7) is 7.91. The van der Waals surface area contributed by atoms with Gasteiger partial charge in [-0.3, -0.25) is 4.79 Å². The number of carboxylic acids is 1. The number of nitrogens with zero attached hydrogens (tertiary/aromatic N) is 1. The van der Waals surface area contributed by atoms with Gasteiger partial charge in [0.2, 0.25) is 5.91 Å². The van der Waals surface area contributed by atoms with Gasteiger partial charge in [-0.15, -0.1) is 0 Å². The summed E-state index contributed by atoms with van der Waals surface area (Å²) in [6.07, 6.45) is 5.14. The number of rotatable bonds is 12. The highest BCUT2D eigenvalue weighted by Gasteiger charge is 2.13. The standard InChI is InChI=1S/C16H30N2O3/c1-14(2)16(21)17-11-7-5-6-8-12-18(3,4)13-9-10-15(19)20/h1,5-13H2,2-4H3,(H-,17,19,20,21). The zero-order valence-corrected chi connectivity index (χ0v) is 13.7. The average Bonchev–Trinajstić information content (AvgIpc) is 2.36. The lowest BCUT2D eigenvalue weighted by atomic mass is 10.1. The molecular formula is C16H30N2O3. The fourth-order valence-electron chi connectivity index (χ4n) is 2.13. The molecule has 0 radical (unpaired) electrons. The summed E-state index contributed by atoms with van der Waals surface area (Å²) in [7, 11) is 4.25. The Labute approximate surface area is 128 Å². The van der Waals surface area contributed by atoms with Crippen molar-refractivity contribution in [3.8, 4) is 0 Å². The second kappa shape index (κ2) is 10.4. The highest BCUT2D eigenvalue weighted by molar-refractivity contribution is 5.91. The van der Waals surface area contributed by atoms with Crippen molar-refractivity contribution in [3.05, 3.63) is 12.2 Å². The molecule has 0 saturated carbocycles. The first-order valence-corrected chi connectivity index (χ1v) is 7.70. The van der Waals surface area contributed by atoms with Gasteiger partial charge < -0.3 is 19.7 Å². The maximum absolute atomic E-state index is 11.3. The Morgan fingerprint density at radius 2 is 1.62 bits per heavy atom. The monoisotopic (exact) mass is 298 g/mol. The van der Waals surface area contributed by atoms with Gasteiger partial charge in [-0.1, -0.05) is 13.0 Å². The van der Waals surface area contributed by atoms with Gasteiger partial charge in [-0.05, 0) is 32.6 Å². The SMILES string of the molecule is C=C(C)C(=O)NCCCCCC[N+](C)(C)CCCC(=O)[O-]. The lowest BCUT2D eigenvalue weighted by Crippen LogP contribution is -2.41. The molecule has 0 heterocycles. The summed E-state index contributed by atoms with van der Waals surface area (Å²) in [5, 5.41) is 13.2. The summed E-state index contributed by atoms with van der Waals surface area (Å²) in [5.41, 5.74) is 0.547. The van der Waals surface area contributed by atoms with E-state index in [-0.39, 0.29) is 12.3 Å². The highest BCUT2D eigenvalue weighted by Crippen LogP contribution is 2.07. The number of nitrogens with one attached hydrogen (secondary N) is 1. The van der Waals surface area contributed by atoms with Crippen LogP contribution in [-0.2, 0) is 9.59 Å². The molecule has 1 amide bonds. The van der Waals surface area contributed by atoms with E-state index in [0.717, 1.165) is 43.3 Å². The van der Waals surface area contributed by atoms with E-state index in [1.54, 1.807) is 6.92 Å². The Kier molecular flexibility index (Phi) is 9.71. The third-order valence-corrected chi connectivity index (χ3v) is 3.51. The van der Waals surface area contributed by atoms with Crippen LogP contribution in [0.4, 0.5) is 0 Å². The first-order valence-electron chi connectivity index (χ1n) is 7.70. The summed E-state index contributed by atoms with van der Waals surface area (Å²) in [4.78, 5) is 21.6. The minimum atomic E-state index is -0.966. The average molecular weight is 298 g/mol. The highest BCUT2D eigenvalue weighted by atomic mass is 16.4. The van der Waals surface area contributed by atoms with Crippen molar-refractivity contribution < 1.29 is 19.2 Å². The second-order valence-electron chi connectivity index (χ2n) is 6.31. The zero-order chi connectivity index (χ0) is 16.3. The van der Waals surface area contributed by atoms with E-state index in [1.165, 1.54) is 0 Å². The number of carbonyl (C=O) groups excluding carboxylic acids is 2. The van der Waals surface area contributed by atoms with Crippen molar-refractivity contribution in [2.24, 2.45) is 0 Å². The Morgan fingerprint density at radius 1 is 1.05 bits per heavy atom. The number of amides is 1. The van der Waals surface area contributed by atoms with Gasteiger partial charge in [0.15, 0.2) is 0 Å². The van der Waals surface area contributed by atoms with Crippen molar-refractivity contribution in [1.29, 1.82) is 0 Å². The molecule has 0 rings (SSSR count). The van der Waals surface area contributed by atoms with Gasteiger partial charge in [-0.2, -0.15) is 0 Å². The molecule has 0 fully saturated rings. The van der Waals surface area contributed by atoms with Crippen LogP contribution >= 0.6 is 0 Å². The number of quaternary nitrogens is 1. The third kappa shape index (κ3) is 12.1. The molecule has 0 aliphatic heterocycles. The van der Waals surface area contributed by atoms with Crippen LogP contribution in [0, 0.1) is 0 Å². The van der Waals surface area contributed by atoms with Gasteiger partial charge >= 0.3 is 0 Å². The van der Waals surface area contributed by atoms with Gasteiger partial charge in [0.25, 0.3) is 0 Å². The molecule has 0 unspecified atom stereocenters. The van der Waals surface area contributed by atoms with Crippen LogP contribution < -0.4 is 10.4 Å². The van der Waals surface area contributed by atoms with E-state index in [2.05, 4.69) is 26.0 Å². The molecule has 0 atom stereocenters. The Balaban J connectivity index is 3.54. The topological polar surface area (TPSA) is 69.2 Å². The molecule has 0 aromatic rings. The Morgan fingerprint density at radius 3 is 2.19 bits per heavy atom. The maximum Gasteiger partial charge on any atom is 0.246 e. The molecule has 21 heavy (non-hydrogen) atoms. The summed E-state index contributed by atoms with van der Waals surface area (Å²) in [5.74, 6) is -1.03. The van der Waals surface area contributed by atoms with Crippen LogP contribution in [0.25, 0.3) is 0 Å². The van der Waals surface area contributed by atoms with Gasteiger partial charge in [0, 0.05) is 24.5 Å². The van der Waals surface area contributed by atoms with Crippen LogP contribution in [-0.4, -0.2) is 50.1 Å². The minimum absolute atomic E-state index is 0.0688. The smallest absolute Gasteiger partial charge is 0.246 e. The number of carbonyl (C=O) groups is 2. The molecule has 5 nitrogen and oxygen atoms in total. The van der Waals surface area contributed by atoms with E-state index in [9.17, 15) is 14.7 Å². The molecule has 5 heteroatoms. The molecular weight excluding hydrogens is 268 g/mol. The second-order valence-corrected chi connectivity index (χ2v) is 6.31. The lowest BCUT2D eigenvalue weighted by molar-refractivity contribution is -0.890. The molecule has 0 aromatic carbocycles. The van der Waals surface area contributed by atoms with Crippen molar-refractivity contribution in [2.75, 3.05) is 33.7 Å². The Hall–Kier alpha value is -1.36. The molecule has 0 saturated heterocycles. The van der Waals surface area contributed by atoms with E-state index in [1.807, 2.05) is 0 Å².